The molecule has 0 unspecified atom stereocenters. The van der Waals surface area contributed by atoms with E-state index >= 15 is 0 Å². The number of rotatable bonds is 12. The number of aromatic nitrogens is 1. The Morgan fingerprint density at radius 3 is 1.62 bits per heavy atom. The van der Waals surface area contributed by atoms with Crippen LogP contribution < -0.4 is 0 Å². The van der Waals surface area contributed by atoms with Gasteiger partial charge in [-0.1, -0.05) is 30.0 Å². The van der Waals surface area contributed by atoms with Gasteiger partial charge in [0.25, 0.3) is 0 Å². The fraction of sp³-hybridized carbons (Fsp3) is 0.292. The summed E-state index contributed by atoms with van der Waals surface area (Å²) in [5, 5.41) is 27.4. The average Bonchev–Trinajstić information content (AvgIpc) is 2.71. The largest absolute Gasteiger partial charge is 0.480 e. The van der Waals surface area contributed by atoms with E-state index in [0.717, 1.165) is 5.56 Å². The summed E-state index contributed by atoms with van der Waals surface area (Å²) in [5.41, 5.74) is 2.09. The highest BCUT2D eigenvalue weighted by atomic mass is 16.4. The molecule has 0 aliphatic heterocycles. The molecule has 10 heteroatoms. The fourth-order valence-corrected chi connectivity index (χ4v) is 3.23. The maximum atomic E-state index is 11.6. The first-order chi connectivity index (χ1) is 16.1. The number of pyridine rings is 1. The third-order valence-corrected chi connectivity index (χ3v) is 4.35. The van der Waals surface area contributed by atoms with Gasteiger partial charge >= 0.3 is 17.9 Å². The molecule has 10 nitrogen and oxygen atoms in total. The van der Waals surface area contributed by atoms with Gasteiger partial charge in [-0.05, 0) is 31.2 Å². The number of nitrogens with zero attached hydrogens (tertiary/aromatic N) is 3. The summed E-state index contributed by atoms with van der Waals surface area (Å²) in [4.78, 5) is 52.2. The SMILES string of the molecule is CC(=O)CN(CC(=O)O)Cc1cc(C#Cc2ccccc2)cc(CN(CC(=O)O)CC(=O)O)n1. The Labute approximate surface area is 196 Å². The van der Waals surface area contributed by atoms with E-state index in [-0.39, 0.29) is 32.0 Å². The lowest BCUT2D eigenvalue weighted by molar-refractivity contribution is -0.142. The van der Waals surface area contributed by atoms with Crippen molar-refractivity contribution >= 4 is 23.7 Å². The molecule has 178 valence electrons. The lowest BCUT2D eigenvalue weighted by Gasteiger charge is -2.20. The molecule has 0 amide bonds. The van der Waals surface area contributed by atoms with Crippen molar-refractivity contribution in [2.45, 2.75) is 20.0 Å². The van der Waals surface area contributed by atoms with Crippen LogP contribution in [0.1, 0.15) is 29.4 Å². The zero-order valence-electron chi connectivity index (χ0n) is 18.6. The van der Waals surface area contributed by atoms with Crippen molar-refractivity contribution in [3.05, 3.63) is 65.0 Å². The normalized spacial score (nSPS) is 10.6. The number of benzene rings is 1. The summed E-state index contributed by atoms with van der Waals surface area (Å²) in [5.74, 6) is 2.33. The zero-order valence-corrected chi connectivity index (χ0v) is 18.6. The highest BCUT2D eigenvalue weighted by Crippen LogP contribution is 2.12. The van der Waals surface area contributed by atoms with Crippen LogP contribution in [-0.2, 0) is 32.3 Å². The second-order valence-corrected chi connectivity index (χ2v) is 7.63. The third-order valence-electron chi connectivity index (χ3n) is 4.35. The first kappa shape index (κ1) is 26.2. The minimum absolute atomic E-state index is 0.0393. The quantitative estimate of drug-likeness (QED) is 0.385. The third kappa shape index (κ3) is 10.0. The minimum Gasteiger partial charge on any atom is -0.480 e. The van der Waals surface area contributed by atoms with Crippen LogP contribution in [0.2, 0.25) is 0 Å². The van der Waals surface area contributed by atoms with Gasteiger partial charge in [-0.3, -0.25) is 34.0 Å². The topological polar surface area (TPSA) is 148 Å². The van der Waals surface area contributed by atoms with Gasteiger partial charge in [-0.15, -0.1) is 0 Å². The van der Waals surface area contributed by atoms with E-state index in [2.05, 4.69) is 16.8 Å². The molecule has 0 saturated carbocycles. The molecule has 1 aromatic heterocycles. The molecule has 0 aliphatic carbocycles. The van der Waals surface area contributed by atoms with Crippen LogP contribution in [0, 0.1) is 11.8 Å². The smallest absolute Gasteiger partial charge is 0.317 e. The first-order valence-electron chi connectivity index (χ1n) is 10.3. The molecule has 0 spiro atoms. The van der Waals surface area contributed by atoms with Gasteiger partial charge in [-0.25, -0.2) is 0 Å². The molecule has 3 N–H and O–H groups in total. The van der Waals surface area contributed by atoms with Crippen LogP contribution in [0.15, 0.2) is 42.5 Å². The number of hydrogen-bond acceptors (Lipinski definition) is 7. The summed E-state index contributed by atoms with van der Waals surface area (Å²) >= 11 is 0. The number of hydrogen-bond donors (Lipinski definition) is 3. The molecule has 1 aromatic carbocycles. The predicted octanol–water partition coefficient (Wildman–Crippen LogP) is 0.928. The van der Waals surface area contributed by atoms with Crippen molar-refractivity contribution < 1.29 is 34.5 Å². The maximum Gasteiger partial charge on any atom is 0.317 e. The van der Waals surface area contributed by atoms with Gasteiger partial charge in [0.05, 0.1) is 37.6 Å². The van der Waals surface area contributed by atoms with E-state index in [1.807, 2.05) is 30.3 Å². The Kier molecular flexibility index (Phi) is 9.89. The van der Waals surface area contributed by atoms with Gasteiger partial charge in [-0.2, -0.15) is 0 Å². The predicted molar refractivity (Wildman–Crippen MR) is 121 cm³/mol. The van der Waals surface area contributed by atoms with Gasteiger partial charge in [0.2, 0.25) is 0 Å². The van der Waals surface area contributed by atoms with E-state index < -0.39 is 31.0 Å². The van der Waals surface area contributed by atoms with Crippen LogP contribution in [0.3, 0.4) is 0 Å². The Bertz CT molecular complexity index is 1020. The standard InChI is InChI=1S/C24H25N3O7/c1-17(28)11-26(14-22(29)30)12-20-9-19(8-7-18-5-3-2-4-6-18)10-21(25-20)13-27(15-23(31)32)16-24(33)34/h2-6,9-10H,11-16H2,1H3,(H,29,30)(H,31,32)(H,33,34). The molecule has 0 bridgehead atoms. The molecule has 34 heavy (non-hydrogen) atoms. The van der Waals surface area contributed by atoms with E-state index in [1.54, 1.807) is 12.1 Å². The number of Topliss-reactive ketones (excluding diaryl/α,β-unsaturated/α-hetero) is 1. The highest BCUT2D eigenvalue weighted by Gasteiger charge is 2.17. The van der Waals surface area contributed by atoms with Crippen molar-refractivity contribution in [1.29, 1.82) is 0 Å². The number of aliphatic carboxylic acids is 3. The van der Waals surface area contributed by atoms with Crippen LogP contribution in [0.4, 0.5) is 0 Å². The average molecular weight is 467 g/mol. The van der Waals surface area contributed by atoms with Crippen molar-refractivity contribution in [3.63, 3.8) is 0 Å². The molecule has 0 aliphatic rings. The van der Waals surface area contributed by atoms with Crippen LogP contribution in [0.25, 0.3) is 0 Å². The Morgan fingerprint density at radius 2 is 1.18 bits per heavy atom. The number of carbonyl (C=O) groups is 4. The number of carbonyl (C=O) groups excluding carboxylic acids is 1. The van der Waals surface area contributed by atoms with Crippen molar-refractivity contribution in [1.82, 2.24) is 14.8 Å². The van der Waals surface area contributed by atoms with Crippen molar-refractivity contribution in [2.24, 2.45) is 0 Å². The van der Waals surface area contributed by atoms with Gasteiger partial charge in [0, 0.05) is 24.2 Å². The minimum atomic E-state index is -1.18. The molecule has 2 rings (SSSR count). The molecule has 0 saturated heterocycles. The van der Waals surface area contributed by atoms with Crippen molar-refractivity contribution in [2.75, 3.05) is 26.2 Å². The first-order valence-corrected chi connectivity index (χ1v) is 10.3. The number of ketones is 1. The summed E-state index contributed by atoms with van der Waals surface area (Å²) < 4.78 is 0. The summed E-state index contributed by atoms with van der Waals surface area (Å²) in [6.07, 6.45) is 0. The monoisotopic (exact) mass is 467 g/mol. The molecule has 0 fully saturated rings. The van der Waals surface area contributed by atoms with E-state index in [0.29, 0.717) is 17.0 Å². The summed E-state index contributed by atoms with van der Waals surface area (Å²) in [6, 6.07) is 12.5. The van der Waals surface area contributed by atoms with E-state index in [9.17, 15) is 19.2 Å². The van der Waals surface area contributed by atoms with Crippen LogP contribution >= 0.6 is 0 Å². The summed E-state index contributed by atoms with van der Waals surface area (Å²) in [6.45, 7) is -0.147. The molecule has 2 aromatic rings. The maximum absolute atomic E-state index is 11.6. The van der Waals surface area contributed by atoms with Crippen molar-refractivity contribution in [3.8, 4) is 11.8 Å². The lowest BCUT2D eigenvalue weighted by atomic mass is 10.1. The second-order valence-electron chi connectivity index (χ2n) is 7.63. The number of carboxylic acids is 3. The van der Waals surface area contributed by atoms with Gasteiger partial charge in [0.15, 0.2) is 0 Å². The molecule has 1 heterocycles. The molecule has 0 atom stereocenters. The van der Waals surface area contributed by atoms with Gasteiger partial charge in [0.1, 0.15) is 5.78 Å². The van der Waals surface area contributed by atoms with Crippen LogP contribution in [0.5, 0.6) is 0 Å². The Morgan fingerprint density at radius 1 is 0.735 bits per heavy atom. The van der Waals surface area contributed by atoms with Gasteiger partial charge < -0.3 is 15.3 Å². The molecular weight excluding hydrogens is 442 g/mol. The molecule has 0 radical (unpaired) electrons. The Balaban J connectivity index is 2.41. The second kappa shape index (κ2) is 12.8. The van der Waals surface area contributed by atoms with E-state index in [4.69, 9.17) is 15.3 Å². The zero-order chi connectivity index (χ0) is 25.1. The Hall–Kier alpha value is -4.07. The number of carboxylic acid groups (broad SMARTS) is 3. The lowest BCUT2D eigenvalue weighted by Crippen LogP contribution is -2.35. The fourth-order valence-electron chi connectivity index (χ4n) is 3.23. The van der Waals surface area contributed by atoms with Crippen LogP contribution in [-0.4, -0.2) is 80.0 Å². The molecular formula is C24H25N3O7. The highest BCUT2D eigenvalue weighted by molar-refractivity contribution is 5.78. The summed E-state index contributed by atoms with van der Waals surface area (Å²) in [7, 11) is 0. The van der Waals surface area contributed by atoms with E-state index in [1.165, 1.54) is 16.7 Å².